The number of sulfonamides is 1. The number of hydrogen-bond donors (Lipinski definition) is 2. The van der Waals surface area contributed by atoms with Crippen LogP contribution in [0.1, 0.15) is 12.2 Å². The number of rotatable bonds is 7. The summed E-state index contributed by atoms with van der Waals surface area (Å²) in [6.45, 7) is 0. The van der Waals surface area contributed by atoms with Gasteiger partial charge in [0.05, 0.1) is 11.8 Å². The minimum Gasteiger partial charge on any atom is -0.461 e. The van der Waals surface area contributed by atoms with Gasteiger partial charge in [-0.25, -0.2) is 12.8 Å². The second kappa shape index (κ2) is 7.84. The molecule has 0 radical (unpaired) electrons. The number of benzene rings is 1. The van der Waals surface area contributed by atoms with Gasteiger partial charge in [-0.2, -0.15) is 0 Å². The minimum absolute atomic E-state index is 0.0633. The van der Waals surface area contributed by atoms with Gasteiger partial charge in [0.1, 0.15) is 17.3 Å². The zero-order valence-corrected chi connectivity index (χ0v) is 15.7. The van der Waals surface area contributed by atoms with Gasteiger partial charge in [0, 0.05) is 12.8 Å². The van der Waals surface area contributed by atoms with Crippen LogP contribution in [0.25, 0.3) is 11.3 Å². The van der Waals surface area contributed by atoms with Crippen LogP contribution in [-0.4, -0.2) is 30.8 Å². The molecule has 3 rings (SSSR count). The molecule has 1 aromatic carbocycles. The summed E-state index contributed by atoms with van der Waals surface area (Å²) >= 11 is 0.903. The lowest BCUT2D eigenvalue weighted by Crippen LogP contribution is -2.11. The largest absolute Gasteiger partial charge is 0.461 e. The maximum atomic E-state index is 13.8. The number of halogens is 1. The summed E-state index contributed by atoms with van der Waals surface area (Å²) in [5.41, 5.74) is 0.355. The molecule has 0 bridgehead atoms. The van der Waals surface area contributed by atoms with Crippen molar-refractivity contribution in [2.45, 2.75) is 12.8 Å². The van der Waals surface area contributed by atoms with E-state index in [0.717, 1.165) is 17.6 Å². The number of aromatic nitrogens is 2. The van der Waals surface area contributed by atoms with E-state index in [2.05, 4.69) is 20.2 Å². The van der Waals surface area contributed by atoms with E-state index >= 15 is 0 Å². The van der Waals surface area contributed by atoms with E-state index in [1.807, 2.05) is 0 Å². The number of carbonyl (C=O) groups excluding carboxylic acids is 1. The number of aryl methyl sites for hydroxylation is 1. The fourth-order valence-corrected chi connectivity index (χ4v) is 3.70. The summed E-state index contributed by atoms with van der Waals surface area (Å²) in [4.78, 5) is 12.0. The molecule has 0 aliphatic rings. The number of furan rings is 1. The highest BCUT2D eigenvalue weighted by Crippen LogP contribution is 2.25. The van der Waals surface area contributed by atoms with Crippen LogP contribution in [0.3, 0.4) is 0 Å². The molecule has 0 saturated carbocycles. The average molecular weight is 410 g/mol. The van der Waals surface area contributed by atoms with Crippen LogP contribution in [0, 0.1) is 5.82 Å². The molecule has 0 aliphatic heterocycles. The Hall–Kier alpha value is -2.79. The van der Waals surface area contributed by atoms with Gasteiger partial charge in [0.15, 0.2) is 0 Å². The third-order valence-electron chi connectivity index (χ3n) is 3.34. The third kappa shape index (κ3) is 5.34. The molecule has 142 valence electrons. The van der Waals surface area contributed by atoms with Crippen molar-refractivity contribution < 1.29 is 22.0 Å². The summed E-state index contributed by atoms with van der Waals surface area (Å²) in [5, 5.41) is 10.1. The Morgan fingerprint density at radius 1 is 1.19 bits per heavy atom. The van der Waals surface area contributed by atoms with Gasteiger partial charge in [0.2, 0.25) is 26.2 Å². The standard InChI is InChI=1S/C16H15FN4O4S2/c1-27(23,24)21-16-20-19-15(26-16)18-14(22)9-7-10-6-8-13(25-10)11-4-2-3-5-12(11)17/h2-6,8H,7,9H2,1H3,(H,20,21)(H,18,19,22). The number of anilines is 2. The Kier molecular flexibility index (Phi) is 5.51. The molecule has 0 saturated heterocycles. The first-order valence-corrected chi connectivity index (χ1v) is 10.5. The molecular formula is C16H15FN4O4S2. The van der Waals surface area contributed by atoms with Crippen LogP contribution in [0.15, 0.2) is 40.8 Å². The number of nitrogens with zero attached hydrogens (tertiary/aromatic N) is 2. The highest BCUT2D eigenvalue weighted by molar-refractivity contribution is 7.92. The molecule has 8 nitrogen and oxygen atoms in total. The SMILES string of the molecule is CS(=O)(=O)Nc1nnc(NC(=O)CCc2ccc(-c3ccccc3F)o2)s1. The Morgan fingerprint density at radius 2 is 1.93 bits per heavy atom. The summed E-state index contributed by atoms with van der Waals surface area (Å²) < 4.78 is 43.8. The fourth-order valence-electron chi connectivity index (χ4n) is 2.21. The fraction of sp³-hybridized carbons (Fsp3) is 0.188. The first-order chi connectivity index (χ1) is 12.8. The van der Waals surface area contributed by atoms with Gasteiger partial charge in [-0.15, -0.1) is 10.2 Å². The van der Waals surface area contributed by atoms with E-state index in [4.69, 9.17) is 4.42 Å². The van der Waals surface area contributed by atoms with Crippen LogP contribution in [-0.2, 0) is 21.2 Å². The van der Waals surface area contributed by atoms with E-state index in [9.17, 15) is 17.6 Å². The summed E-state index contributed by atoms with van der Waals surface area (Å²) in [5.74, 6) is 0.219. The Morgan fingerprint density at radius 3 is 2.67 bits per heavy atom. The normalized spacial score (nSPS) is 11.3. The van der Waals surface area contributed by atoms with Gasteiger partial charge in [-0.1, -0.05) is 23.5 Å². The Bertz CT molecular complexity index is 1060. The third-order valence-corrected chi connectivity index (χ3v) is 4.79. The lowest BCUT2D eigenvalue weighted by atomic mass is 10.1. The predicted octanol–water partition coefficient (Wildman–Crippen LogP) is 2.88. The minimum atomic E-state index is -3.46. The predicted molar refractivity (Wildman–Crippen MR) is 99.4 cm³/mol. The maximum absolute atomic E-state index is 13.8. The topological polar surface area (TPSA) is 114 Å². The lowest BCUT2D eigenvalue weighted by Gasteiger charge is -2.01. The van der Waals surface area contributed by atoms with Gasteiger partial charge in [-0.05, 0) is 24.3 Å². The molecule has 2 N–H and O–H groups in total. The zero-order valence-electron chi connectivity index (χ0n) is 14.1. The molecule has 2 aromatic heterocycles. The van der Waals surface area contributed by atoms with E-state index in [0.29, 0.717) is 23.5 Å². The molecule has 27 heavy (non-hydrogen) atoms. The van der Waals surface area contributed by atoms with Crippen molar-refractivity contribution in [2.24, 2.45) is 0 Å². The highest BCUT2D eigenvalue weighted by atomic mass is 32.2. The van der Waals surface area contributed by atoms with Crippen molar-refractivity contribution in [3.63, 3.8) is 0 Å². The number of carbonyl (C=O) groups is 1. The highest BCUT2D eigenvalue weighted by Gasteiger charge is 2.13. The second-order valence-electron chi connectivity index (χ2n) is 5.58. The van der Waals surface area contributed by atoms with E-state index < -0.39 is 10.0 Å². The molecular weight excluding hydrogens is 395 g/mol. The smallest absolute Gasteiger partial charge is 0.231 e. The van der Waals surface area contributed by atoms with Crippen LogP contribution >= 0.6 is 11.3 Å². The van der Waals surface area contributed by atoms with Crippen LogP contribution in [0.2, 0.25) is 0 Å². The molecule has 0 fully saturated rings. The van der Waals surface area contributed by atoms with Crippen LogP contribution < -0.4 is 10.0 Å². The van der Waals surface area contributed by atoms with Crippen molar-refractivity contribution >= 4 is 37.5 Å². The average Bonchev–Trinajstić information content (AvgIpc) is 3.21. The van der Waals surface area contributed by atoms with Crippen molar-refractivity contribution in [3.05, 3.63) is 48.0 Å². The second-order valence-corrected chi connectivity index (χ2v) is 8.31. The van der Waals surface area contributed by atoms with Crippen molar-refractivity contribution in [3.8, 4) is 11.3 Å². The molecule has 0 spiro atoms. The monoisotopic (exact) mass is 410 g/mol. The zero-order chi connectivity index (χ0) is 19.4. The number of amides is 1. The molecule has 1 amide bonds. The Balaban J connectivity index is 1.55. The molecule has 11 heteroatoms. The lowest BCUT2D eigenvalue weighted by molar-refractivity contribution is -0.116. The van der Waals surface area contributed by atoms with Gasteiger partial charge >= 0.3 is 0 Å². The van der Waals surface area contributed by atoms with Crippen LogP contribution in [0.4, 0.5) is 14.7 Å². The van der Waals surface area contributed by atoms with Crippen molar-refractivity contribution in [2.75, 3.05) is 16.3 Å². The molecule has 2 heterocycles. The van der Waals surface area contributed by atoms with Crippen LogP contribution in [0.5, 0.6) is 0 Å². The van der Waals surface area contributed by atoms with E-state index in [-0.39, 0.29) is 28.4 Å². The van der Waals surface area contributed by atoms with Crippen molar-refractivity contribution in [1.82, 2.24) is 10.2 Å². The number of nitrogens with one attached hydrogen (secondary N) is 2. The maximum Gasteiger partial charge on any atom is 0.231 e. The summed E-state index contributed by atoms with van der Waals surface area (Å²) in [7, 11) is -3.46. The molecule has 0 atom stereocenters. The molecule has 0 unspecified atom stereocenters. The summed E-state index contributed by atoms with van der Waals surface area (Å²) in [6, 6.07) is 9.61. The first kappa shape index (κ1) is 19.0. The molecule has 3 aromatic rings. The number of hydrogen-bond acceptors (Lipinski definition) is 7. The Labute approximate surface area is 158 Å². The van der Waals surface area contributed by atoms with Crippen molar-refractivity contribution in [1.29, 1.82) is 0 Å². The first-order valence-electron chi connectivity index (χ1n) is 7.75. The van der Waals surface area contributed by atoms with Gasteiger partial charge < -0.3 is 9.73 Å². The molecule has 0 aliphatic carbocycles. The van der Waals surface area contributed by atoms with E-state index in [1.165, 1.54) is 6.07 Å². The van der Waals surface area contributed by atoms with Gasteiger partial charge in [-0.3, -0.25) is 9.52 Å². The van der Waals surface area contributed by atoms with Gasteiger partial charge in [0.25, 0.3) is 0 Å². The quantitative estimate of drug-likeness (QED) is 0.619. The summed E-state index contributed by atoms with van der Waals surface area (Å²) in [6.07, 6.45) is 1.41. The van der Waals surface area contributed by atoms with E-state index in [1.54, 1.807) is 30.3 Å².